The number of carbonyl (C=O) groups is 2. The number of likely N-dealkylation sites (tertiary alicyclic amines) is 1. The van der Waals surface area contributed by atoms with Gasteiger partial charge in [0.25, 0.3) is 5.91 Å². The largest absolute Gasteiger partial charge is 0.345 e. The molecule has 1 aliphatic heterocycles. The standard InChI is InChI=1S/C22H25ClN2O2/c1-16-11-13-25(14-12-16)21(26)15-20(17-7-3-2-4-8-17)24-22(27)18-9-5-6-10-19(18)23/h2-10,16,20H,11-15H2,1H3,(H,24,27)/t20-/m1/s1. The Hall–Kier alpha value is -2.33. The van der Waals surface area contributed by atoms with Gasteiger partial charge in [-0.1, -0.05) is 61.0 Å². The Balaban J connectivity index is 1.75. The maximum Gasteiger partial charge on any atom is 0.253 e. The molecular weight excluding hydrogens is 360 g/mol. The van der Waals surface area contributed by atoms with E-state index >= 15 is 0 Å². The zero-order valence-electron chi connectivity index (χ0n) is 15.5. The first-order chi connectivity index (χ1) is 13.0. The van der Waals surface area contributed by atoms with E-state index in [1.54, 1.807) is 24.3 Å². The van der Waals surface area contributed by atoms with E-state index in [1.165, 1.54) is 0 Å². The van der Waals surface area contributed by atoms with Gasteiger partial charge in [0.2, 0.25) is 5.91 Å². The number of hydrogen-bond acceptors (Lipinski definition) is 2. The third-order valence-corrected chi connectivity index (χ3v) is 5.47. The van der Waals surface area contributed by atoms with Gasteiger partial charge in [-0.05, 0) is 36.5 Å². The van der Waals surface area contributed by atoms with Crippen LogP contribution in [0.25, 0.3) is 0 Å². The summed E-state index contributed by atoms with van der Waals surface area (Å²) in [5.41, 5.74) is 1.33. The molecule has 4 nitrogen and oxygen atoms in total. The van der Waals surface area contributed by atoms with Gasteiger partial charge >= 0.3 is 0 Å². The van der Waals surface area contributed by atoms with Gasteiger partial charge in [0.15, 0.2) is 0 Å². The van der Waals surface area contributed by atoms with Crippen LogP contribution in [-0.4, -0.2) is 29.8 Å². The summed E-state index contributed by atoms with van der Waals surface area (Å²) in [6.45, 7) is 3.80. The molecule has 1 saturated heterocycles. The first-order valence-corrected chi connectivity index (χ1v) is 9.80. The van der Waals surface area contributed by atoms with Gasteiger partial charge in [-0.3, -0.25) is 9.59 Å². The van der Waals surface area contributed by atoms with Gasteiger partial charge in [0.1, 0.15) is 0 Å². The zero-order chi connectivity index (χ0) is 19.2. The van der Waals surface area contributed by atoms with Gasteiger partial charge in [0, 0.05) is 13.1 Å². The minimum absolute atomic E-state index is 0.0789. The molecule has 142 valence electrons. The van der Waals surface area contributed by atoms with Crippen LogP contribution in [0.5, 0.6) is 0 Å². The van der Waals surface area contributed by atoms with Crippen molar-refractivity contribution in [3.63, 3.8) is 0 Å². The van der Waals surface area contributed by atoms with E-state index in [0.29, 0.717) is 16.5 Å². The molecule has 0 aromatic heterocycles. The molecule has 1 atom stereocenters. The number of halogens is 1. The molecule has 0 bridgehead atoms. The second-order valence-electron chi connectivity index (χ2n) is 7.18. The Kier molecular flexibility index (Phi) is 6.51. The number of nitrogens with one attached hydrogen (secondary N) is 1. The lowest BCUT2D eigenvalue weighted by atomic mass is 9.97. The summed E-state index contributed by atoms with van der Waals surface area (Å²) in [5.74, 6) is 0.476. The molecule has 27 heavy (non-hydrogen) atoms. The van der Waals surface area contributed by atoms with Crippen LogP contribution in [0.4, 0.5) is 0 Å². The minimum atomic E-state index is -0.387. The zero-order valence-corrected chi connectivity index (χ0v) is 16.3. The van der Waals surface area contributed by atoms with Crippen LogP contribution in [-0.2, 0) is 4.79 Å². The van der Waals surface area contributed by atoms with Crippen molar-refractivity contribution in [1.29, 1.82) is 0 Å². The van der Waals surface area contributed by atoms with Crippen LogP contribution in [0.15, 0.2) is 54.6 Å². The van der Waals surface area contributed by atoms with Gasteiger partial charge in [-0.25, -0.2) is 0 Å². The number of benzene rings is 2. The average Bonchev–Trinajstić information content (AvgIpc) is 2.69. The van der Waals surface area contributed by atoms with Crippen molar-refractivity contribution in [2.24, 2.45) is 5.92 Å². The molecule has 0 saturated carbocycles. The number of hydrogen-bond donors (Lipinski definition) is 1. The summed E-state index contributed by atoms with van der Waals surface area (Å²) in [7, 11) is 0. The fourth-order valence-corrected chi connectivity index (χ4v) is 3.60. The molecule has 0 spiro atoms. The molecule has 5 heteroatoms. The molecule has 2 amide bonds. The molecule has 1 N–H and O–H groups in total. The average molecular weight is 385 g/mol. The predicted octanol–water partition coefficient (Wildman–Crippen LogP) is 4.46. The number of carbonyl (C=O) groups excluding carboxylic acids is 2. The Bertz CT molecular complexity index is 786. The lowest BCUT2D eigenvalue weighted by Crippen LogP contribution is -2.40. The third-order valence-electron chi connectivity index (χ3n) is 5.14. The van der Waals surface area contributed by atoms with Crippen molar-refractivity contribution in [3.05, 3.63) is 70.7 Å². The number of nitrogens with zero attached hydrogens (tertiary/aromatic N) is 1. The van der Waals surface area contributed by atoms with Gasteiger partial charge in [-0.15, -0.1) is 0 Å². The molecule has 1 aliphatic rings. The van der Waals surface area contributed by atoms with Crippen molar-refractivity contribution in [3.8, 4) is 0 Å². The number of rotatable bonds is 5. The van der Waals surface area contributed by atoms with Crippen LogP contribution in [0.1, 0.15) is 48.1 Å². The monoisotopic (exact) mass is 384 g/mol. The summed E-state index contributed by atoms with van der Waals surface area (Å²) in [6.07, 6.45) is 2.32. The van der Waals surface area contributed by atoms with Crippen molar-refractivity contribution < 1.29 is 9.59 Å². The van der Waals surface area contributed by atoms with Crippen molar-refractivity contribution in [1.82, 2.24) is 10.2 Å². The van der Waals surface area contributed by atoms with E-state index in [-0.39, 0.29) is 24.3 Å². The second kappa shape index (κ2) is 9.05. The number of amides is 2. The summed E-state index contributed by atoms with van der Waals surface area (Å²) in [5, 5.41) is 3.40. The van der Waals surface area contributed by atoms with Gasteiger partial charge < -0.3 is 10.2 Å². The highest BCUT2D eigenvalue weighted by Crippen LogP contribution is 2.23. The van der Waals surface area contributed by atoms with Crippen LogP contribution in [0.3, 0.4) is 0 Å². The molecule has 0 aliphatic carbocycles. The SMILES string of the molecule is CC1CCN(C(=O)C[C@@H](NC(=O)c2ccccc2Cl)c2ccccc2)CC1. The summed E-state index contributed by atoms with van der Waals surface area (Å²) in [6, 6.07) is 16.2. The highest BCUT2D eigenvalue weighted by Gasteiger charge is 2.25. The maximum atomic E-state index is 12.8. The van der Waals surface area contributed by atoms with E-state index in [4.69, 9.17) is 11.6 Å². The molecule has 2 aromatic rings. The first kappa shape index (κ1) is 19.4. The fraction of sp³-hybridized carbons (Fsp3) is 0.364. The Labute approximate surface area is 165 Å². The van der Waals surface area contributed by atoms with Crippen LogP contribution < -0.4 is 5.32 Å². The molecule has 3 rings (SSSR count). The first-order valence-electron chi connectivity index (χ1n) is 9.42. The Morgan fingerprint density at radius 1 is 1.07 bits per heavy atom. The Morgan fingerprint density at radius 2 is 1.70 bits per heavy atom. The topological polar surface area (TPSA) is 49.4 Å². The summed E-state index contributed by atoms with van der Waals surface area (Å²) >= 11 is 6.15. The lowest BCUT2D eigenvalue weighted by molar-refractivity contribution is -0.133. The highest BCUT2D eigenvalue weighted by molar-refractivity contribution is 6.33. The highest BCUT2D eigenvalue weighted by atomic mass is 35.5. The van der Waals surface area contributed by atoms with Gasteiger partial charge in [0.05, 0.1) is 23.0 Å². The molecule has 1 fully saturated rings. The lowest BCUT2D eigenvalue weighted by Gasteiger charge is -2.31. The van der Waals surface area contributed by atoms with E-state index in [1.807, 2.05) is 35.2 Å². The molecule has 1 heterocycles. The Morgan fingerprint density at radius 3 is 2.37 bits per heavy atom. The molecule has 0 unspecified atom stereocenters. The minimum Gasteiger partial charge on any atom is -0.345 e. The van der Waals surface area contributed by atoms with Crippen molar-refractivity contribution in [2.45, 2.75) is 32.2 Å². The third kappa shape index (κ3) is 5.10. The summed E-state index contributed by atoms with van der Waals surface area (Å²) in [4.78, 5) is 27.5. The van der Waals surface area contributed by atoms with E-state index < -0.39 is 0 Å². The van der Waals surface area contributed by atoms with Crippen molar-refractivity contribution in [2.75, 3.05) is 13.1 Å². The second-order valence-corrected chi connectivity index (χ2v) is 7.59. The van der Waals surface area contributed by atoms with Crippen LogP contribution in [0.2, 0.25) is 5.02 Å². The van der Waals surface area contributed by atoms with E-state index in [2.05, 4.69) is 12.2 Å². The van der Waals surface area contributed by atoms with E-state index in [9.17, 15) is 9.59 Å². The van der Waals surface area contributed by atoms with Crippen molar-refractivity contribution >= 4 is 23.4 Å². The maximum absolute atomic E-state index is 12.8. The van der Waals surface area contributed by atoms with Crippen LogP contribution >= 0.6 is 11.6 Å². The summed E-state index contributed by atoms with van der Waals surface area (Å²) < 4.78 is 0. The molecule has 2 aromatic carbocycles. The predicted molar refractivity (Wildman–Crippen MR) is 108 cm³/mol. The molecular formula is C22H25ClN2O2. The normalized spacial score (nSPS) is 16.0. The van der Waals surface area contributed by atoms with Crippen LogP contribution in [0, 0.1) is 5.92 Å². The van der Waals surface area contributed by atoms with E-state index in [0.717, 1.165) is 31.5 Å². The van der Waals surface area contributed by atoms with Gasteiger partial charge in [-0.2, -0.15) is 0 Å². The smallest absolute Gasteiger partial charge is 0.253 e. The fourth-order valence-electron chi connectivity index (χ4n) is 3.38. The number of piperidine rings is 1. The quantitative estimate of drug-likeness (QED) is 0.827. The molecule has 0 radical (unpaired) electrons.